The van der Waals surface area contributed by atoms with Gasteiger partial charge in [0.05, 0.1) is 12.2 Å². The zero-order valence-electron chi connectivity index (χ0n) is 10.6. The Bertz CT molecular complexity index is 362. The van der Waals surface area contributed by atoms with E-state index in [0.717, 1.165) is 44.0 Å². The van der Waals surface area contributed by atoms with Crippen LogP contribution in [0.15, 0.2) is 6.33 Å². The summed E-state index contributed by atoms with van der Waals surface area (Å²) in [6.07, 6.45) is 2.74. The Labute approximate surface area is 102 Å². The van der Waals surface area contributed by atoms with Gasteiger partial charge in [-0.05, 0) is 26.8 Å². The first-order valence-electron chi connectivity index (χ1n) is 6.23. The molecule has 1 saturated heterocycles. The van der Waals surface area contributed by atoms with E-state index in [0.29, 0.717) is 12.5 Å². The van der Waals surface area contributed by atoms with E-state index in [2.05, 4.69) is 20.2 Å². The fourth-order valence-corrected chi connectivity index (χ4v) is 2.08. The van der Waals surface area contributed by atoms with Crippen LogP contribution in [0.2, 0.25) is 0 Å². The zero-order chi connectivity index (χ0) is 12.1. The number of hydrogen-bond acceptors (Lipinski definition) is 5. The Morgan fingerprint density at radius 3 is 3.06 bits per heavy atom. The van der Waals surface area contributed by atoms with Crippen molar-refractivity contribution in [3.8, 4) is 5.88 Å². The molecule has 1 fully saturated rings. The van der Waals surface area contributed by atoms with Crippen molar-refractivity contribution in [1.29, 1.82) is 0 Å². The van der Waals surface area contributed by atoms with Crippen LogP contribution in [0.1, 0.15) is 18.9 Å². The molecule has 0 aromatic carbocycles. The van der Waals surface area contributed by atoms with Crippen LogP contribution in [0.4, 0.5) is 5.82 Å². The maximum Gasteiger partial charge on any atom is 0.221 e. The first-order valence-corrected chi connectivity index (χ1v) is 6.23. The van der Waals surface area contributed by atoms with Crippen LogP contribution in [0.5, 0.6) is 5.88 Å². The van der Waals surface area contributed by atoms with Gasteiger partial charge in [-0.2, -0.15) is 0 Å². The second kappa shape index (κ2) is 5.82. The second-order valence-electron chi connectivity index (χ2n) is 4.15. The number of nitrogens with one attached hydrogen (secondary N) is 1. The predicted molar refractivity (Wildman–Crippen MR) is 67.6 cm³/mol. The van der Waals surface area contributed by atoms with E-state index in [9.17, 15) is 0 Å². The molecule has 1 aromatic heterocycles. The lowest BCUT2D eigenvalue weighted by molar-refractivity contribution is 0.323. The standard InChI is InChI=1S/C12H20N4O/c1-3-17-12-10(2)11(14-9-15-12)16-7-4-5-13-6-8-16/h9,13H,3-8H2,1-2H3. The van der Waals surface area contributed by atoms with Gasteiger partial charge in [0.15, 0.2) is 0 Å². The molecule has 0 saturated carbocycles. The molecule has 0 spiro atoms. The van der Waals surface area contributed by atoms with Gasteiger partial charge >= 0.3 is 0 Å². The average molecular weight is 236 g/mol. The summed E-state index contributed by atoms with van der Waals surface area (Å²) in [6, 6.07) is 0. The second-order valence-corrected chi connectivity index (χ2v) is 4.15. The van der Waals surface area contributed by atoms with E-state index in [1.165, 1.54) is 0 Å². The molecule has 1 aliphatic heterocycles. The van der Waals surface area contributed by atoms with Crippen LogP contribution < -0.4 is 15.0 Å². The molecule has 1 aliphatic rings. The summed E-state index contributed by atoms with van der Waals surface area (Å²) >= 11 is 0. The largest absolute Gasteiger partial charge is 0.478 e. The van der Waals surface area contributed by atoms with Gasteiger partial charge in [-0.15, -0.1) is 0 Å². The summed E-state index contributed by atoms with van der Waals surface area (Å²) in [6.45, 7) is 8.75. The van der Waals surface area contributed by atoms with Crippen molar-refractivity contribution in [3.05, 3.63) is 11.9 Å². The molecule has 0 bridgehead atoms. The summed E-state index contributed by atoms with van der Waals surface area (Å²) in [5.41, 5.74) is 1.04. The van der Waals surface area contributed by atoms with Gasteiger partial charge < -0.3 is 15.0 Å². The maximum absolute atomic E-state index is 5.51. The third-order valence-electron chi connectivity index (χ3n) is 2.93. The van der Waals surface area contributed by atoms with Gasteiger partial charge in [0, 0.05) is 19.6 Å². The Hall–Kier alpha value is -1.36. The van der Waals surface area contributed by atoms with Gasteiger partial charge in [-0.25, -0.2) is 9.97 Å². The number of ether oxygens (including phenoxy) is 1. The third-order valence-corrected chi connectivity index (χ3v) is 2.93. The monoisotopic (exact) mass is 236 g/mol. The molecule has 0 aliphatic carbocycles. The minimum atomic E-state index is 0.638. The van der Waals surface area contributed by atoms with Crippen molar-refractivity contribution >= 4 is 5.82 Å². The van der Waals surface area contributed by atoms with Crippen molar-refractivity contribution in [2.45, 2.75) is 20.3 Å². The van der Waals surface area contributed by atoms with E-state index in [-0.39, 0.29) is 0 Å². The number of anilines is 1. The minimum absolute atomic E-state index is 0.638. The van der Waals surface area contributed by atoms with Crippen LogP contribution >= 0.6 is 0 Å². The van der Waals surface area contributed by atoms with Gasteiger partial charge in [-0.3, -0.25) is 0 Å². The summed E-state index contributed by atoms with van der Waals surface area (Å²) in [5, 5.41) is 3.39. The minimum Gasteiger partial charge on any atom is -0.478 e. The molecule has 0 amide bonds. The molecule has 0 atom stereocenters. The zero-order valence-corrected chi connectivity index (χ0v) is 10.6. The van der Waals surface area contributed by atoms with Crippen molar-refractivity contribution < 1.29 is 4.74 Å². The van der Waals surface area contributed by atoms with Crippen LogP contribution in [0, 0.1) is 6.92 Å². The van der Waals surface area contributed by atoms with E-state index in [4.69, 9.17) is 4.74 Å². The number of hydrogen-bond donors (Lipinski definition) is 1. The van der Waals surface area contributed by atoms with E-state index in [1.54, 1.807) is 6.33 Å². The molecule has 17 heavy (non-hydrogen) atoms. The highest BCUT2D eigenvalue weighted by atomic mass is 16.5. The van der Waals surface area contributed by atoms with Gasteiger partial charge in [-0.1, -0.05) is 0 Å². The summed E-state index contributed by atoms with van der Waals surface area (Å²) in [7, 11) is 0. The van der Waals surface area contributed by atoms with Crippen molar-refractivity contribution in [1.82, 2.24) is 15.3 Å². The number of aromatic nitrogens is 2. The first kappa shape index (κ1) is 12.1. The molecule has 2 heterocycles. The highest BCUT2D eigenvalue weighted by molar-refractivity contribution is 5.50. The highest BCUT2D eigenvalue weighted by Gasteiger charge is 2.15. The fraction of sp³-hybridized carbons (Fsp3) is 0.667. The molecule has 0 unspecified atom stereocenters. The third kappa shape index (κ3) is 2.85. The number of rotatable bonds is 3. The molecule has 5 heteroatoms. The molecule has 94 valence electrons. The van der Waals surface area contributed by atoms with Gasteiger partial charge in [0.2, 0.25) is 5.88 Å². The summed E-state index contributed by atoms with van der Waals surface area (Å²) in [5.74, 6) is 1.71. The van der Waals surface area contributed by atoms with Gasteiger partial charge in [0.25, 0.3) is 0 Å². The Kier molecular flexibility index (Phi) is 4.14. The lowest BCUT2D eigenvalue weighted by Gasteiger charge is -2.23. The van der Waals surface area contributed by atoms with Crippen molar-refractivity contribution in [2.75, 3.05) is 37.7 Å². The molecule has 5 nitrogen and oxygen atoms in total. The van der Waals surface area contributed by atoms with Crippen LogP contribution in [-0.4, -0.2) is 42.8 Å². The number of nitrogens with zero attached hydrogens (tertiary/aromatic N) is 3. The lowest BCUT2D eigenvalue weighted by atomic mass is 10.3. The molecular weight excluding hydrogens is 216 g/mol. The molecule has 2 rings (SSSR count). The average Bonchev–Trinajstić information content (AvgIpc) is 2.61. The highest BCUT2D eigenvalue weighted by Crippen LogP contribution is 2.24. The van der Waals surface area contributed by atoms with Gasteiger partial charge in [0.1, 0.15) is 12.1 Å². The van der Waals surface area contributed by atoms with Crippen LogP contribution in [0.25, 0.3) is 0 Å². The first-order chi connectivity index (χ1) is 8.33. The Morgan fingerprint density at radius 1 is 1.35 bits per heavy atom. The molecule has 1 aromatic rings. The van der Waals surface area contributed by atoms with E-state index in [1.807, 2.05) is 13.8 Å². The van der Waals surface area contributed by atoms with E-state index >= 15 is 0 Å². The molecular formula is C12H20N4O. The van der Waals surface area contributed by atoms with E-state index < -0.39 is 0 Å². The quantitative estimate of drug-likeness (QED) is 0.848. The topological polar surface area (TPSA) is 50.3 Å². The smallest absolute Gasteiger partial charge is 0.221 e. The van der Waals surface area contributed by atoms with Crippen LogP contribution in [0.3, 0.4) is 0 Å². The molecule has 1 N–H and O–H groups in total. The summed E-state index contributed by atoms with van der Waals surface area (Å²) < 4.78 is 5.51. The Morgan fingerprint density at radius 2 is 2.24 bits per heavy atom. The summed E-state index contributed by atoms with van der Waals surface area (Å²) in [4.78, 5) is 10.9. The SMILES string of the molecule is CCOc1ncnc(N2CCCNCC2)c1C. The maximum atomic E-state index is 5.51. The Balaban J connectivity index is 2.21. The predicted octanol–water partition coefficient (Wildman–Crippen LogP) is 0.983. The van der Waals surface area contributed by atoms with Crippen molar-refractivity contribution in [2.24, 2.45) is 0 Å². The fourth-order valence-electron chi connectivity index (χ4n) is 2.08. The normalized spacial score (nSPS) is 16.7. The van der Waals surface area contributed by atoms with Crippen molar-refractivity contribution in [3.63, 3.8) is 0 Å². The van der Waals surface area contributed by atoms with Crippen LogP contribution in [-0.2, 0) is 0 Å². The lowest BCUT2D eigenvalue weighted by Crippen LogP contribution is -2.29. The molecule has 0 radical (unpaired) electrons.